The quantitative estimate of drug-likeness (QED) is 0.533. The molecule has 0 aliphatic carbocycles. The van der Waals surface area contributed by atoms with Crippen LogP contribution in [0.4, 0.5) is 5.82 Å². The number of carbonyl (C=O) groups is 1. The second-order valence-corrected chi connectivity index (χ2v) is 6.66. The SMILES string of the molecule is CCCCn1nc(NC(=O)c2ccccc2)c2cc3cc(OC)ccc3nc21. The number of carbonyl (C=O) groups excluding carboxylic acids is 1. The highest BCUT2D eigenvalue weighted by Crippen LogP contribution is 2.28. The van der Waals surface area contributed by atoms with Crippen molar-refractivity contribution in [1.82, 2.24) is 14.8 Å². The van der Waals surface area contributed by atoms with Crippen LogP contribution >= 0.6 is 0 Å². The number of hydrogen-bond acceptors (Lipinski definition) is 4. The third kappa shape index (κ3) is 3.41. The van der Waals surface area contributed by atoms with Gasteiger partial charge in [-0.3, -0.25) is 4.79 Å². The molecule has 1 N–H and O–H groups in total. The van der Waals surface area contributed by atoms with Crippen LogP contribution in [0.1, 0.15) is 30.1 Å². The number of hydrogen-bond donors (Lipinski definition) is 1. The van der Waals surface area contributed by atoms with Crippen LogP contribution in [0.25, 0.3) is 21.9 Å². The highest BCUT2D eigenvalue weighted by atomic mass is 16.5. The number of anilines is 1. The van der Waals surface area contributed by atoms with E-state index in [1.165, 1.54) is 0 Å². The first kappa shape index (κ1) is 18.0. The molecule has 4 rings (SSSR count). The maximum Gasteiger partial charge on any atom is 0.256 e. The molecule has 6 heteroatoms. The van der Waals surface area contributed by atoms with Gasteiger partial charge < -0.3 is 10.1 Å². The van der Waals surface area contributed by atoms with Gasteiger partial charge in [-0.15, -0.1) is 0 Å². The Kier molecular flexibility index (Phi) is 4.93. The lowest BCUT2D eigenvalue weighted by atomic mass is 10.1. The Morgan fingerprint density at radius 2 is 1.96 bits per heavy atom. The van der Waals surface area contributed by atoms with Gasteiger partial charge >= 0.3 is 0 Å². The Balaban J connectivity index is 1.81. The minimum atomic E-state index is -0.187. The number of benzene rings is 2. The maximum absolute atomic E-state index is 12.6. The summed E-state index contributed by atoms with van der Waals surface area (Å²) in [5.74, 6) is 1.10. The van der Waals surface area contributed by atoms with Crippen molar-refractivity contribution in [3.8, 4) is 5.75 Å². The number of methoxy groups -OCH3 is 1. The van der Waals surface area contributed by atoms with Gasteiger partial charge in [0.25, 0.3) is 5.91 Å². The van der Waals surface area contributed by atoms with Crippen molar-refractivity contribution in [2.45, 2.75) is 26.3 Å². The van der Waals surface area contributed by atoms with Gasteiger partial charge in [0.1, 0.15) is 5.75 Å². The van der Waals surface area contributed by atoms with E-state index in [1.807, 2.05) is 47.1 Å². The fraction of sp³-hybridized carbons (Fsp3) is 0.227. The monoisotopic (exact) mass is 374 g/mol. The zero-order valence-corrected chi connectivity index (χ0v) is 16.0. The Morgan fingerprint density at radius 1 is 1.14 bits per heavy atom. The van der Waals surface area contributed by atoms with Crippen molar-refractivity contribution in [3.63, 3.8) is 0 Å². The van der Waals surface area contributed by atoms with E-state index in [2.05, 4.69) is 17.3 Å². The fourth-order valence-corrected chi connectivity index (χ4v) is 3.19. The van der Waals surface area contributed by atoms with E-state index >= 15 is 0 Å². The molecule has 0 unspecified atom stereocenters. The van der Waals surface area contributed by atoms with Gasteiger partial charge in [-0.25, -0.2) is 9.67 Å². The van der Waals surface area contributed by atoms with E-state index in [9.17, 15) is 4.79 Å². The largest absolute Gasteiger partial charge is 0.497 e. The number of aryl methyl sites for hydroxylation is 1. The molecular weight excluding hydrogens is 352 g/mol. The van der Waals surface area contributed by atoms with Gasteiger partial charge in [0, 0.05) is 17.5 Å². The standard InChI is InChI=1S/C22H22N4O2/c1-3-4-12-26-21-18(14-16-13-17(28-2)10-11-19(16)23-21)20(25-26)24-22(27)15-8-6-5-7-9-15/h5-11,13-14H,3-4,12H2,1-2H3,(H,24,25,27). The van der Waals surface area contributed by atoms with Crippen molar-refractivity contribution >= 4 is 33.7 Å². The Morgan fingerprint density at radius 3 is 2.71 bits per heavy atom. The van der Waals surface area contributed by atoms with Gasteiger partial charge in [-0.1, -0.05) is 31.5 Å². The molecule has 142 valence electrons. The summed E-state index contributed by atoms with van der Waals surface area (Å²) in [5, 5.41) is 9.36. The molecule has 0 spiro atoms. The first-order valence-corrected chi connectivity index (χ1v) is 9.41. The second kappa shape index (κ2) is 7.68. The maximum atomic E-state index is 12.6. The van der Waals surface area contributed by atoms with Crippen LogP contribution in [0.2, 0.25) is 0 Å². The fourth-order valence-electron chi connectivity index (χ4n) is 3.19. The van der Waals surface area contributed by atoms with Crippen LogP contribution in [0, 0.1) is 0 Å². The molecule has 28 heavy (non-hydrogen) atoms. The van der Waals surface area contributed by atoms with E-state index in [0.717, 1.165) is 47.1 Å². The lowest BCUT2D eigenvalue weighted by Crippen LogP contribution is -2.12. The zero-order chi connectivity index (χ0) is 19.5. The van der Waals surface area contributed by atoms with Gasteiger partial charge in [-0.2, -0.15) is 5.10 Å². The summed E-state index contributed by atoms with van der Waals surface area (Å²) < 4.78 is 7.21. The normalized spacial score (nSPS) is 11.1. The summed E-state index contributed by atoms with van der Waals surface area (Å²) >= 11 is 0. The van der Waals surface area contributed by atoms with E-state index in [1.54, 1.807) is 19.2 Å². The molecule has 6 nitrogen and oxygen atoms in total. The van der Waals surface area contributed by atoms with Gasteiger partial charge in [0.05, 0.1) is 18.0 Å². The summed E-state index contributed by atoms with van der Waals surface area (Å²) in [6, 6.07) is 16.9. The number of fused-ring (bicyclic) bond motifs is 2. The highest BCUT2D eigenvalue weighted by molar-refractivity contribution is 6.08. The van der Waals surface area contributed by atoms with Crippen LogP contribution in [0.3, 0.4) is 0 Å². The molecule has 0 atom stereocenters. The van der Waals surface area contributed by atoms with E-state index in [0.29, 0.717) is 11.4 Å². The van der Waals surface area contributed by atoms with Crippen molar-refractivity contribution in [3.05, 3.63) is 60.2 Å². The number of aromatic nitrogens is 3. The molecule has 4 aromatic rings. The summed E-state index contributed by atoms with van der Waals surface area (Å²) in [4.78, 5) is 17.4. The molecule has 0 fully saturated rings. The van der Waals surface area contributed by atoms with Crippen LogP contribution in [0.5, 0.6) is 5.75 Å². The molecule has 0 radical (unpaired) electrons. The van der Waals surface area contributed by atoms with Gasteiger partial charge in [0.15, 0.2) is 11.5 Å². The topological polar surface area (TPSA) is 69.0 Å². The summed E-state index contributed by atoms with van der Waals surface area (Å²) in [5.41, 5.74) is 2.23. The van der Waals surface area contributed by atoms with E-state index in [-0.39, 0.29) is 5.91 Å². The summed E-state index contributed by atoms with van der Waals surface area (Å²) in [7, 11) is 1.64. The number of pyridine rings is 1. The van der Waals surface area contributed by atoms with Crippen molar-refractivity contribution in [1.29, 1.82) is 0 Å². The lowest BCUT2D eigenvalue weighted by molar-refractivity contribution is 0.102. The number of rotatable bonds is 6. The molecular formula is C22H22N4O2. The molecule has 2 aromatic carbocycles. The number of unbranched alkanes of at least 4 members (excludes halogenated alkanes) is 1. The van der Waals surface area contributed by atoms with Crippen molar-refractivity contribution < 1.29 is 9.53 Å². The molecule has 0 aliphatic heterocycles. The zero-order valence-electron chi connectivity index (χ0n) is 16.0. The first-order chi connectivity index (χ1) is 13.7. The van der Waals surface area contributed by atoms with E-state index < -0.39 is 0 Å². The van der Waals surface area contributed by atoms with Crippen LogP contribution in [0.15, 0.2) is 54.6 Å². The number of nitrogens with zero attached hydrogens (tertiary/aromatic N) is 3. The smallest absolute Gasteiger partial charge is 0.256 e. The van der Waals surface area contributed by atoms with Gasteiger partial charge in [0.2, 0.25) is 0 Å². The molecule has 0 bridgehead atoms. The first-order valence-electron chi connectivity index (χ1n) is 9.41. The molecule has 1 amide bonds. The summed E-state index contributed by atoms with van der Waals surface area (Å²) in [6.07, 6.45) is 2.04. The molecule has 0 aliphatic rings. The van der Waals surface area contributed by atoms with Gasteiger partial charge in [-0.05, 0) is 42.8 Å². The van der Waals surface area contributed by atoms with Crippen LogP contribution < -0.4 is 10.1 Å². The van der Waals surface area contributed by atoms with Crippen LogP contribution in [-0.2, 0) is 6.54 Å². The number of nitrogens with one attached hydrogen (secondary N) is 1. The number of ether oxygens (including phenoxy) is 1. The Bertz CT molecular complexity index is 1140. The van der Waals surface area contributed by atoms with Crippen molar-refractivity contribution in [2.24, 2.45) is 0 Å². The molecule has 2 heterocycles. The van der Waals surface area contributed by atoms with E-state index in [4.69, 9.17) is 9.72 Å². The Hall–Kier alpha value is -3.41. The third-order valence-electron chi connectivity index (χ3n) is 4.71. The summed E-state index contributed by atoms with van der Waals surface area (Å²) in [6.45, 7) is 2.89. The highest BCUT2D eigenvalue weighted by Gasteiger charge is 2.16. The Labute approximate surface area is 163 Å². The molecule has 0 saturated carbocycles. The minimum Gasteiger partial charge on any atom is -0.497 e. The third-order valence-corrected chi connectivity index (χ3v) is 4.71. The minimum absolute atomic E-state index is 0.187. The lowest BCUT2D eigenvalue weighted by Gasteiger charge is -2.04. The number of amides is 1. The molecule has 0 saturated heterocycles. The molecule has 2 aromatic heterocycles. The second-order valence-electron chi connectivity index (χ2n) is 6.66. The van der Waals surface area contributed by atoms with Crippen molar-refractivity contribution in [2.75, 3.05) is 12.4 Å². The average Bonchev–Trinajstić information content (AvgIpc) is 3.07. The predicted molar refractivity (Wildman–Crippen MR) is 111 cm³/mol. The average molecular weight is 374 g/mol. The van der Waals surface area contributed by atoms with Crippen LogP contribution in [-0.4, -0.2) is 27.8 Å². The predicted octanol–water partition coefficient (Wildman–Crippen LogP) is 4.65.